The normalized spacial score (nSPS) is 13.8. The van der Waals surface area contributed by atoms with E-state index in [1.54, 1.807) is 72.8 Å². The number of thiocarbonyl (C=S) groups is 1. The zero-order valence-corrected chi connectivity index (χ0v) is 19.4. The van der Waals surface area contributed by atoms with Crippen LogP contribution in [0.15, 0.2) is 107 Å². The molecular weight excluding hydrogens is 478 g/mol. The minimum atomic E-state index is -0.586. The Balaban J connectivity index is 1.57. The zero-order chi connectivity index (χ0) is 25.2. The fourth-order valence-corrected chi connectivity index (χ4v) is 4.22. The highest BCUT2D eigenvalue weighted by molar-refractivity contribution is 7.81. The van der Waals surface area contributed by atoms with Gasteiger partial charge in [-0.15, -0.1) is 0 Å². The SMILES string of the molecule is O=C1C(=Cc2ccc(-c3cccc([N+](=O)[O-])c3)o2)C(=O)N(c2ccccc2)C(=S)N1c1ccccc1. The van der Waals surface area contributed by atoms with Gasteiger partial charge in [0.15, 0.2) is 5.11 Å². The lowest BCUT2D eigenvalue weighted by Gasteiger charge is -2.36. The summed E-state index contributed by atoms with van der Waals surface area (Å²) in [6.45, 7) is 0. The van der Waals surface area contributed by atoms with Crippen molar-refractivity contribution >= 4 is 52.3 Å². The van der Waals surface area contributed by atoms with Gasteiger partial charge >= 0.3 is 0 Å². The highest BCUT2D eigenvalue weighted by Crippen LogP contribution is 2.31. The lowest BCUT2D eigenvalue weighted by molar-refractivity contribution is -0.384. The number of rotatable bonds is 5. The maximum absolute atomic E-state index is 13.5. The predicted octanol–water partition coefficient (Wildman–Crippen LogP) is 5.60. The maximum atomic E-state index is 13.5. The van der Waals surface area contributed by atoms with Gasteiger partial charge in [0.1, 0.15) is 17.1 Å². The van der Waals surface area contributed by atoms with Crippen LogP contribution in [0.4, 0.5) is 17.1 Å². The quantitative estimate of drug-likeness (QED) is 0.118. The third-order valence-corrected chi connectivity index (χ3v) is 5.90. The maximum Gasteiger partial charge on any atom is 0.270 e. The molecule has 9 heteroatoms. The molecule has 0 radical (unpaired) electrons. The Kier molecular flexibility index (Phi) is 5.97. The fourth-order valence-electron chi connectivity index (χ4n) is 3.84. The van der Waals surface area contributed by atoms with Gasteiger partial charge in [0.25, 0.3) is 17.5 Å². The van der Waals surface area contributed by atoms with Crippen LogP contribution in [-0.4, -0.2) is 21.9 Å². The minimum absolute atomic E-state index is 0.0382. The molecule has 1 aliphatic heterocycles. The van der Waals surface area contributed by atoms with Gasteiger partial charge in [-0.05, 0) is 54.7 Å². The van der Waals surface area contributed by atoms with E-state index in [-0.39, 0.29) is 22.1 Å². The van der Waals surface area contributed by atoms with Gasteiger partial charge in [0.2, 0.25) is 0 Å². The number of nitrogens with zero attached hydrogens (tertiary/aromatic N) is 3. The number of carbonyl (C=O) groups excluding carboxylic acids is 2. The molecule has 0 spiro atoms. The fraction of sp³-hybridized carbons (Fsp3) is 0. The highest BCUT2D eigenvalue weighted by atomic mass is 32.1. The van der Waals surface area contributed by atoms with E-state index in [1.807, 2.05) is 12.1 Å². The summed E-state index contributed by atoms with van der Waals surface area (Å²) in [7, 11) is 0. The van der Waals surface area contributed by atoms with Crippen LogP contribution >= 0.6 is 12.2 Å². The van der Waals surface area contributed by atoms with Crippen molar-refractivity contribution in [2.24, 2.45) is 0 Å². The lowest BCUT2D eigenvalue weighted by atomic mass is 10.1. The molecule has 2 heterocycles. The van der Waals surface area contributed by atoms with Crippen molar-refractivity contribution in [3.8, 4) is 11.3 Å². The van der Waals surface area contributed by atoms with E-state index in [2.05, 4.69) is 0 Å². The Bertz CT molecular complexity index is 1470. The topological polar surface area (TPSA) is 96.9 Å². The molecule has 5 rings (SSSR count). The third-order valence-electron chi connectivity index (χ3n) is 5.53. The first-order valence-corrected chi connectivity index (χ1v) is 11.2. The molecule has 2 amide bonds. The van der Waals surface area contributed by atoms with Crippen molar-refractivity contribution in [1.82, 2.24) is 0 Å². The molecule has 3 aromatic carbocycles. The smallest absolute Gasteiger partial charge is 0.270 e. The lowest BCUT2D eigenvalue weighted by Crippen LogP contribution is -2.56. The summed E-state index contributed by atoms with van der Waals surface area (Å²) < 4.78 is 5.84. The van der Waals surface area contributed by atoms with E-state index in [4.69, 9.17) is 16.6 Å². The molecule has 176 valence electrons. The predicted molar refractivity (Wildman–Crippen MR) is 139 cm³/mol. The molecule has 1 fully saturated rings. The summed E-state index contributed by atoms with van der Waals surface area (Å²) in [4.78, 5) is 40.3. The average Bonchev–Trinajstić information content (AvgIpc) is 3.37. The first-order chi connectivity index (χ1) is 17.4. The zero-order valence-electron chi connectivity index (χ0n) is 18.6. The van der Waals surface area contributed by atoms with Crippen LogP contribution in [-0.2, 0) is 9.59 Å². The van der Waals surface area contributed by atoms with Gasteiger partial charge in [-0.2, -0.15) is 0 Å². The minimum Gasteiger partial charge on any atom is -0.457 e. The van der Waals surface area contributed by atoms with Gasteiger partial charge in [-0.25, -0.2) is 0 Å². The van der Waals surface area contributed by atoms with Crippen LogP contribution in [0.2, 0.25) is 0 Å². The summed E-state index contributed by atoms with van der Waals surface area (Å²) in [5, 5.41) is 11.2. The largest absolute Gasteiger partial charge is 0.457 e. The van der Waals surface area contributed by atoms with Gasteiger partial charge in [0.05, 0.1) is 16.3 Å². The number of amides is 2. The summed E-state index contributed by atoms with van der Waals surface area (Å²) in [6, 6.07) is 26.9. The Morgan fingerprint density at radius 1 is 0.778 bits per heavy atom. The average molecular weight is 496 g/mol. The van der Waals surface area contributed by atoms with E-state index in [1.165, 1.54) is 28.0 Å². The Labute approximate surface area is 210 Å². The van der Waals surface area contributed by atoms with Crippen molar-refractivity contribution < 1.29 is 18.9 Å². The van der Waals surface area contributed by atoms with E-state index >= 15 is 0 Å². The number of nitro groups is 1. The van der Waals surface area contributed by atoms with E-state index in [9.17, 15) is 19.7 Å². The van der Waals surface area contributed by atoms with Crippen LogP contribution < -0.4 is 9.80 Å². The van der Waals surface area contributed by atoms with E-state index in [0.717, 1.165) is 0 Å². The summed E-state index contributed by atoms with van der Waals surface area (Å²) in [5.74, 6) is -0.577. The number of carbonyl (C=O) groups is 2. The number of nitro benzene ring substituents is 1. The third kappa shape index (κ3) is 4.19. The second-order valence-electron chi connectivity index (χ2n) is 7.80. The van der Waals surface area contributed by atoms with Crippen molar-refractivity contribution in [3.63, 3.8) is 0 Å². The molecule has 1 saturated heterocycles. The number of anilines is 2. The Morgan fingerprint density at radius 3 is 1.92 bits per heavy atom. The molecule has 36 heavy (non-hydrogen) atoms. The van der Waals surface area contributed by atoms with Gasteiger partial charge in [-0.3, -0.25) is 29.5 Å². The summed E-state index contributed by atoms with van der Waals surface area (Å²) in [6.07, 6.45) is 1.36. The molecule has 0 bridgehead atoms. The van der Waals surface area contributed by atoms with Gasteiger partial charge in [0, 0.05) is 17.7 Å². The number of benzene rings is 3. The van der Waals surface area contributed by atoms with Crippen LogP contribution in [0, 0.1) is 10.1 Å². The van der Waals surface area contributed by atoms with E-state index < -0.39 is 16.7 Å². The molecule has 0 atom stereocenters. The standard InChI is InChI=1S/C27H17N3O5S/c31-25-23(17-22-14-15-24(35-22)18-8-7-13-21(16-18)30(33)34)26(32)29(20-11-5-2-6-12-20)27(36)28(25)19-9-3-1-4-10-19/h1-17H. The van der Waals surface area contributed by atoms with Gasteiger partial charge < -0.3 is 4.42 Å². The summed E-state index contributed by atoms with van der Waals surface area (Å²) in [5.41, 5.74) is 1.31. The first kappa shape index (κ1) is 22.9. The van der Waals surface area contributed by atoms with Crippen LogP contribution in [0.1, 0.15) is 5.76 Å². The second kappa shape index (κ2) is 9.40. The first-order valence-electron chi connectivity index (χ1n) is 10.8. The molecule has 0 N–H and O–H groups in total. The number of hydrogen-bond donors (Lipinski definition) is 0. The second-order valence-corrected chi connectivity index (χ2v) is 8.17. The molecule has 4 aromatic rings. The molecule has 0 aliphatic carbocycles. The van der Waals surface area contributed by atoms with E-state index in [0.29, 0.717) is 22.7 Å². The summed E-state index contributed by atoms with van der Waals surface area (Å²) >= 11 is 5.59. The Morgan fingerprint density at radius 2 is 1.36 bits per heavy atom. The van der Waals surface area contributed by atoms with Gasteiger partial charge in [-0.1, -0.05) is 48.5 Å². The van der Waals surface area contributed by atoms with Crippen molar-refractivity contribution in [3.05, 3.63) is 119 Å². The molecule has 1 aliphatic rings. The number of para-hydroxylation sites is 2. The monoisotopic (exact) mass is 495 g/mol. The molecule has 1 aromatic heterocycles. The molecule has 8 nitrogen and oxygen atoms in total. The van der Waals surface area contributed by atoms with Crippen LogP contribution in [0.25, 0.3) is 17.4 Å². The molecular formula is C27H17N3O5S. The molecule has 0 saturated carbocycles. The molecule has 0 unspecified atom stereocenters. The number of hydrogen-bond acceptors (Lipinski definition) is 6. The highest BCUT2D eigenvalue weighted by Gasteiger charge is 2.41. The Hall–Kier alpha value is -4.89. The number of non-ortho nitro benzene ring substituents is 1. The van der Waals surface area contributed by atoms with Crippen molar-refractivity contribution in [1.29, 1.82) is 0 Å². The van der Waals surface area contributed by atoms with Crippen molar-refractivity contribution in [2.45, 2.75) is 0 Å². The van der Waals surface area contributed by atoms with Crippen LogP contribution in [0.3, 0.4) is 0 Å². The van der Waals surface area contributed by atoms with Crippen LogP contribution in [0.5, 0.6) is 0 Å². The van der Waals surface area contributed by atoms with Crippen molar-refractivity contribution in [2.75, 3.05) is 9.80 Å². The number of furan rings is 1.